The van der Waals surface area contributed by atoms with Crippen molar-refractivity contribution in [1.82, 2.24) is 5.32 Å². The Hall–Kier alpha value is -0.530. The van der Waals surface area contributed by atoms with Crippen LogP contribution in [0.3, 0.4) is 0 Å². The van der Waals surface area contributed by atoms with Crippen molar-refractivity contribution in [3.63, 3.8) is 0 Å². The summed E-state index contributed by atoms with van der Waals surface area (Å²) in [7, 11) is 0. The number of amides is 1. The summed E-state index contributed by atoms with van der Waals surface area (Å²) in [5, 5.41) is 2.91. The SMILES string of the molecule is [CH2]CCCC(=O)NCCCC(C)C. The lowest BCUT2D eigenvalue weighted by Gasteiger charge is -2.06. The van der Waals surface area contributed by atoms with Gasteiger partial charge in [0, 0.05) is 13.0 Å². The predicted octanol–water partition coefficient (Wildman–Crippen LogP) is 2.54. The van der Waals surface area contributed by atoms with Gasteiger partial charge in [-0.3, -0.25) is 4.79 Å². The molecule has 0 aliphatic rings. The topological polar surface area (TPSA) is 29.1 Å². The van der Waals surface area contributed by atoms with Gasteiger partial charge in [-0.25, -0.2) is 0 Å². The molecule has 2 nitrogen and oxygen atoms in total. The molecule has 0 atom stereocenters. The van der Waals surface area contributed by atoms with Gasteiger partial charge >= 0.3 is 0 Å². The molecule has 0 heterocycles. The van der Waals surface area contributed by atoms with Crippen LogP contribution in [0.4, 0.5) is 0 Å². The van der Waals surface area contributed by atoms with E-state index in [1.54, 1.807) is 0 Å². The van der Waals surface area contributed by atoms with Gasteiger partial charge in [-0.05, 0) is 25.2 Å². The third kappa shape index (κ3) is 9.38. The van der Waals surface area contributed by atoms with Crippen LogP contribution in [0.5, 0.6) is 0 Å². The van der Waals surface area contributed by atoms with Crippen LogP contribution in [0, 0.1) is 12.8 Å². The van der Waals surface area contributed by atoms with E-state index in [-0.39, 0.29) is 5.91 Å². The van der Waals surface area contributed by atoms with Crippen molar-refractivity contribution in [3.05, 3.63) is 6.92 Å². The molecule has 0 unspecified atom stereocenters. The van der Waals surface area contributed by atoms with Crippen molar-refractivity contribution in [2.45, 2.75) is 46.0 Å². The Labute approximate surface area is 82.1 Å². The maximum atomic E-state index is 11.1. The average molecular weight is 184 g/mol. The highest BCUT2D eigenvalue weighted by Crippen LogP contribution is 2.01. The molecule has 0 aromatic heterocycles. The molecule has 0 aliphatic carbocycles. The lowest BCUT2D eigenvalue weighted by atomic mass is 10.1. The van der Waals surface area contributed by atoms with E-state index in [9.17, 15) is 4.79 Å². The molecule has 77 valence electrons. The Balaban J connectivity index is 3.17. The van der Waals surface area contributed by atoms with Crippen LogP contribution in [-0.4, -0.2) is 12.5 Å². The van der Waals surface area contributed by atoms with Gasteiger partial charge in [0.15, 0.2) is 0 Å². The highest BCUT2D eigenvalue weighted by atomic mass is 16.1. The summed E-state index contributed by atoms with van der Waals surface area (Å²) in [6.45, 7) is 8.92. The zero-order chi connectivity index (χ0) is 10.1. The molecule has 1 radical (unpaired) electrons. The summed E-state index contributed by atoms with van der Waals surface area (Å²) < 4.78 is 0. The van der Waals surface area contributed by atoms with Crippen molar-refractivity contribution < 1.29 is 4.79 Å². The minimum atomic E-state index is 0.174. The quantitative estimate of drug-likeness (QED) is 0.605. The third-order valence-corrected chi connectivity index (χ3v) is 1.93. The molecular formula is C11H22NO. The number of rotatable bonds is 7. The first kappa shape index (κ1) is 12.5. The number of carbonyl (C=O) groups is 1. The van der Waals surface area contributed by atoms with Crippen LogP contribution in [0.1, 0.15) is 46.0 Å². The van der Waals surface area contributed by atoms with Crippen LogP contribution < -0.4 is 5.32 Å². The molecule has 0 bridgehead atoms. The molecule has 13 heavy (non-hydrogen) atoms. The second kappa shape index (κ2) is 8.09. The summed E-state index contributed by atoms with van der Waals surface area (Å²) in [5.41, 5.74) is 0. The van der Waals surface area contributed by atoms with Crippen LogP contribution >= 0.6 is 0 Å². The predicted molar refractivity (Wildman–Crippen MR) is 56.3 cm³/mol. The molecule has 0 aliphatic heterocycles. The van der Waals surface area contributed by atoms with Crippen LogP contribution in [0.15, 0.2) is 0 Å². The van der Waals surface area contributed by atoms with Crippen molar-refractivity contribution in [2.24, 2.45) is 5.92 Å². The van der Waals surface area contributed by atoms with E-state index in [1.807, 2.05) is 0 Å². The van der Waals surface area contributed by atoms with Gasteiger partial charge in [0.25, 0.3) is 0 Å². The first-order valence-electron chi connectivity index (χ1n) is 5.22. The second-order valence-corrected chi connectivity index (χ2v) is 3.84. The van der Waals surface area contributed by atoms with E-state index in [0.29, 0.717) is 6.42 Å². The normalized spacial score (nSPS) is 10.5. The van der Waals surface area contributed by atoms with Crippen LogP contribution in [0.25, 0.3) is 0 Å². The molecule has 1 amide bonds. The van der Waals surface area contributed by atoms with Crippen molar-refractivity contribution >= 4 is 5.91 Å². The smallest absolute Gasteiger partial charge is 0.219 e. The van der Waals surface area contributed by atoms with E-state index < -0.39 is 0 Å². The summed E-state index contributed by atoms with van der Waals surface area (Å²) in [4.78, 5) is 11.1. The molecule has 0 aromatic rings. The number of carbonyl (C=O) groups excluding carboxylic acids is 1. The molecule has 0 fully saturated rings. The van der Waals surface area contributed by atoms with Crippen LogP contribution in [0.2, 0.25) is 0 Å². The lowest BCUT2D eigenvalue weighted by molar-refractivity contribution is -0.121. The first-order chi connectivity index (χ1) is 6.16. The molecule has 2 heteroatoms. The molecule has 0 saturated heterocycles. The van der Waals surface area contributed by atoms with Gasteiger partial charge in [0.2, 0.25) is 5.91 Å². The zero-order valence-corrected chi connectivity index (χ0v) is 8.94. The molecule has 0 spiro atoms. The Morgan fingerprint density at radius 2 is 2.08 bits per heavy atom. The van der Waals surface area contributed by atoms with Gasteiger partial charge in [-0.15, -0.1) is 0 Å². The molecule has 1 N–H and O–H groups in total. The highest BCUT2D eigenvalue weighted by molar-refractivity contribution is 5.75. The monoisotopic (exact) mass is 184 g/mol. The standard InChI is InChI=1S/C11H22NO/c1-4-5-8-11(13)12-9-6-7-10(2)3/h10H,1,4-9H2,2-3H3,(H,12,13). The van der Waals surface area contributed by atoms with E-state index in [2.05, 4.69) is 26.1 Å². The Morgan fingerprint density at radius 1 is 1.38 bits per heavy atom. The fourth-order valence-electron chi connectivity index (χ4n) is 1.11. The maximum Gasteiger partial charge on any atom is 0.219 e. The van der Waals surface area contributed by atoms with Gasteiger partial charge in [0.1, 0.15) is 0 Å². The number of unbranched alkanes of at least 4 members (excludes halogenated alkanes) is 1. The Bertz CT molecular complexity index is 132. The highest BCUT2D eigenvalue weighted by Gasteiger charge is 1.99. The van der Waals surface area contributed by atoms with Crippen molar-refractivity contribution in [2.75, 3.05) is 6.54 Å². The minimum Gasteiger partial charge on any atom is -0.356 e. The summed E-state index contributed by atoms with van der Waals surface area (Å²) in [5.74, 6) is 0.907. The summed E-state index contributed by atoms with van der Waals surface area (Å²) in [6, 6.07) is 0. The Morgan fingerprint density at radius 3 is 2.62 bits per heavy atom. The molecule has 0 aromatic carbocycles. The van der Waals surface area contributed by atoms with Gasteiger partial charge < -0.3 is 5.32 Å². The number of hydrogen-bond donors (Lipinski definition) is 1. The average Bonchev–Trinajstić information content (AvgIpc) is 2.08. The van der Waals surface area contributed by atoms with Crippen LogP contribution in [-0.2, 0) is 4.79 Å². The van der Waals surface area contributed by atoms with Gasteiger partial charge in [0.05, 0.1) is 0 Å². The maximum absolute atomic E-state index is 11.1. The lowest BCUT2D eigenvalue weighted by Crippen LogP contribution is -2.24. The van der Waals surface area contributed by atoms with E-state index >= 15 is 0 Å². The molecular weight excluding hydrogens is 162 g/mol. The third-order valence-electron chi connectivity index (χ3n) is 1.93. The number of hydrogen-bond acceptors (Lipinski definition) is 1. The molecule has 0 rings (SSSR count). The molecule has 0 saturated carbocycles. The number of nitrogens with one attached hydrogen (secondary N) is 1. The summed E-state index contributed by atoms with van der Waals surface area (Å²) >= 11 is 0. The van der Waals surface area contributed by atoms with E-state index in [0.717, 1.165) is 31.7 Å². The van der Waals surface area contributed by atoms with Gasteiger partial charge in [-0.1, -0.05) is 27.2 Å². The Kier molecular flexibility index (Phi) is 7.76. The minimum absolute atomic E-state index is 0.174. The largest absolute Gasteiger partial charge is 0.356 e. The second-order valence-electron chi connectivity index (χ2n) is 3.84. The van der Waals surface area contributed by atoms with Crippen molar-refractivity contribution in [1.29, 1.82) is 0 Å². The zero-order valence-electron chi connectivity index (χ0n) is 8.94. The van der Waals surface area contributed by atoms with Gasteiger partial charge in [-0.2, -0.15) is 0 Å². The van der Waals surface area contributed by atoms with E-state index in [4.69, 9.17) is 0 Å². The summed E-state index contributed by atoms with van der Waals surface area (Å²) in [6.07, 6.45) is 4.66. The van der Waals surface area contributed by atoms with E-state index in [1.165, 1.54) is 6.42 Å². The fraction of sp³-hybridized carbons (Fsp3) is 0.818. The first-order valence-corrected chi connectivity index (χ1v) is 5.22. The van der Waals surface area contributed by atoms with Crippen molar-refractivity contribution in [3.8, 4) is 0 Å². The fourth-order valence-corrected chi connectivity index (χ4v) is 1.11.